The minimum atomic E-state index is -5.15. The third-order valence-corrected chi connectivity index (χ3v) is 13.4. The summed E-state index contributed by atoms with van der Waals surface area (Å²) < 4.78 is 32.0. The first kappa shape index (κ1) is 52.5. The number of hydrogen-bond donors (Lipinski definition) is 5. The third-order valence-electron chi connectivity index (χ3n) is 11.9. The van der Waals surface area contributed by atoms with E-state index in [0.29, 0.717) is 25.7 Å². The summed E-state index contributed by atoms with van der Waals surface area (Å²) in [6.07, 6.45) is 7.10. The van der Waals surface area contributed by atoms with Crippen molar-refractivity contribution in [2.75, 3.05) is 20.5 Å². The molecule has 16 heteroatoms. The van der Waals surface area contributed by atoms with Gasteiger partial charge in [0.25, 0.3) is 10.1 Å². The molecule has 66 heavy (non-hydrogen) atoms. The minimum absolute atomic E-state index is 0.0812. The van der Waals surface area contributed by atoms with Crippen LogP contribution in [-0.2, 0) is 19.7 Å². The Morgan fingerprint density at radius 3 is 1.26 bits per heavy atom. The highest BCUT2D eigenvalue weighted by Gasteiger charge is 2.60. The van der Waals surface area contributed by atoms with Gasteiger partial charge in [0.2, 0.25) is 4.75 Å². The van der Waals surface area contributed by atoms with Crippen LogP contribution >= 0.6 is 0 Å². The number of anilines is 4. The Morgan fingerprint density at radius 1 is 0.591 bits per heavy atom. The molecule has 4 aromatic rings. The molecule has 2 aliphatic heterocycles. The Bertz CT molecular complexity index is 2130. The van der Waals surface area contributed by atoms with Crippen molar-refractivity contribution in [2.24, 2.45) is 28.0 Å². The SMILES string of the molecule is CCC1=NN(c2ccccc2)N(c2ccccc2)N1.CCC1=NN(c2ccccc2)N(c2ccccc2)N1.CCCCC(CC)CC(C(=O)O)C(CC(CC)CCCC)(C(=O)O)S(=O)(=O)O. The summed E-state index contributed by atoms with van der Waals surface area (Å²) in [5, 5.41) is 36.6. The highest BCUT2D eigenvalue weighted by Crippen LogP contribution is 2.41. The quantitative estimate of drug-likeness (QED) is 0.0468. The van der Waals surface area contributed by atoms with Crippen LogP contribution < -0.4 is 31.3 Å². The van der Waals surface area contributed by atoms with Crippen molar-refractivity contribution < 1.29 is 32.8 Å². The van der Waals surface area contributed by atoms with Crippen LogP contribution in [0.5, 0.6) is 0 Å². The number of aliphatic carboxylic acids is 2. The number of hydrazone groups is 2. The number of para-hydroxylation sites is 4. The Labute approximate surface area is 391 Å². The number of amidine groups is 2. The third kappa shape index (κ3) is 13.9. The van der Waals surface area contributed by atoms with Crippen LogP contribution in [0.3, 0.4) is 0 Å². The van der Waals surface area contributed by atoms with Crippen molar-refractivity contribution in [2.45, 2.75) is 123 Å². The molecule has 0 fully saturated rings. The van der Waals surface area contributed by atoms with Gasteiger partial charge in [0.05, 0.1) is 28.7 Å². The average Bonchev–Trinajstić information content (AvgIpc) is 3.99. The Morgan fingerprint density at radius 2 is 0.955 bits per heavy atom. The van der Waals surface area contributed by atoms with Crippen LogP contribution in [0.2, 0.25) is 0 Å². The van der Waals surface area contributed by atoms with Crippen molar-refractivity contribution >= 4 is 56.5 Å². The molecule has 6 rings (SSSR count). The highest BCUT2D eigenvalue weighted by atomic mass is 32.2. The Balaban J connectivity index is 0.000000221. The zero-order valence-electron chi connectivity index (χ0n) is 39.3. The minimum Gasteiger partial charge on any atom is -0.481 e. The van der Waals surface area contributed by atoms with Crippen molar-refractivity contribution in [3.05, 3.63) is 121 Å². The molecule has 5 N–H and O–H groups in total. The highest BCUT2D eigenvalue weighted by molar-refractivity contribution is 7.88. The maximum Gasteiger partial charge on any atom is 0.328 e. The van der Waals surface area contributed by atoms with E-state index in [4.69, 9.17) is 0 Å². The van der Waals surface area contributed by atoms with Gasteiger partial charge in [-0.25, -0.2) is 0 Å². The van der Waals surface area contributed by atoms with E-state index in [9.17, 15) is 32.8 Å². The van der Waals surface area contributed by atoms with E-state index >= 15 is 0 Å². The van der Waals surface area contributed by atoms with Gasteiger partial charge in [0.1, 0.15) is 11.7 Å². The molecule has 2 heterocycles. The molecule has 358 valence electrons. The largest absolute Gasteiger partial charge is 0.481 e. The molecule has 0 aliphatic carbocycles. The molecular weight excluding hydrogens is 857 g/mol. The fraction of sp³-hybridized carbons (Fsp3) is 0.440. The lowest BCUT2D eigenvalue weighted by Crippen LogP contribution is -2.56. The molecule has 4 unspecified atom stereocenters. The van der Waals surface area contributed by atoms with Crippen LogP contribution in [0.15, 0.2) is 132 Å². The van der Waals surface area contributed by atoms with Crippen LogP contribution in [0, 0.1) is 17.8 Å². The van der Waals surface area contributed by atoms with Crippen LogP contribution in [0.1, 0.15) is 119 Å². The number of hydrogen-bond acceptors (Lipinski definition) is 12. The number of hydrazine groups is 4. The maximum atomic E-state index is 12.4. The van der Waals surface area contributed by atoms with E-state index in [2.05, 4.69) is 59.2 Å². The molecular formula is C50H70N8O7S. The second kappa shape index (κ2) is 26.1. The molecule has 0 saturated carbocycles. The van der Waals surface area contributed by atoms with Gasteiger partial charge in [-0.15, -0.1) is 10.2 Å². The van der Waals surface area contributed by atoms with Crippen LogP contribution in [-0.4, -0.2) is 51.5 Å². The van der Waals surface area contributed by atoms with Crippen LogP contribution in [0.4, 0.5) is 22.7 Å². The first-order valence-electron chi connectivity index (χ1n) is 23.3. The standard InChI is InChI=1S/C20H38O7S.2C15H16N4/c1-5-9-11-15(7-3)13-17(18(21)22)20(19(23)24,28(25,26)27)14-16(8-4)12-10-6-2;2*1-2-15-16-18(13-9-5-3-6-10-13)19(17-15)14-11-7-4-8-12-14/h15-17H,5-14H2,1-4H3,(H,21,22)(H,23,24)(H,25,26,27);2*3-12H,2H2,1H3,(H,16,17). The number of carbonyl (C=O) groups is 2. The van der Waals surface area contributed by atoms with Crippen molar-refractivity contribution in [3.63, 3.8) is 0 Å². The van der Waals surface area contributed by atoms with E-state index in [0.717, 1.165) is 72.9 Å². The molecule has 4 atom stereocenters. The second-order valence-corrected chi connectivity index (χ2v) is 18.1. The van der Waals surface area contributed by atoms with Gasteiger partial charge in [0.15, 0.2) is 0 Å². The Kier molecular flexibility index (Phi) is 20.8. The molecule has 0 saturated heterocycles. The summed E-state index contributed by atoms with van der Waals surface area (Å²) >= 11 is 0. The molecule has 2 aliphatic rings. The summed E-state index contributed by atoms with van der Waals surface area (Å²) in [4.78, 5) is 24.3. The molecule has 0 radical (unpaired) electrons. The smallest absolute Gasteiger partial charge is 0.328 e. The summed E-state index contributed by atoms with van der Waals surface area (Å²) in [6.45, 7) is 11.8. The normalized spacial score (nSPS) is 15.6. The van der Waals surface area contributed by atoms with Gasteiger partial charge in [-0.3, -0.25) is 25.0 Å². The van der Waals surface area contributed by atoms with Gasteiger partial charge >= 0.3 is 11.9 Å². The van der Waals surface area contributed by atoms with Gasteiger partial charge in [-0.05, 0) is 73.2 Å². The molecule has 0 aromatic heterocycles. The first-order valence-corrected chi connectivity index (χ1v) is 24.7. The molecule has 4 aromatic carbocycles. The zero-order chi connectivity index (χ0) is 48.1. The Hall–Kier alpha value is -6.13. The molecule has 0 amide bonds. The predicted octanol–water partition coefficient (Wildman–Crippen LogP) is 10.9. The van der Waals surface area contributed by atoms with E-state index in [-0.39, 0.29) is 18.3 Å². The van der Waals surface area contributed by atoms with Crippen LogP contribution in [0.25, 0.3) is 0 Å². The fourth-order valence-electron chi connectivity index (χ4n) is 7.91. The van der Waals surface area contributed by atoms with Gasteiger partial charge in [-0.2, -0.15) is 28.9 Å². The lowest BCUT2D eigenvalue weighted by molar-refractivity contribution is -0.153. The van der Waals surface area contributed by atoms with E-state index in [1.54, 1.807) is 0 Å². The second-order valence-electron chi connectivity index (χ2n) is 16.4. The predicted molar refractivity (Wildman–Crippen MR) is 266 cm³/mol. The van der Waals surface area contributed by atoms with Gasteiger partial charge < -0.3 is 10.2 Å². The lowest BCUT2D eigenvalue weighted by Gasteiger charge is -2.36. The molecule has 15 nitrogen and oxygen atoms in total. The number of unbranched alkanes of at least 4 members (excludes halogenated alkanes) is 2. The average molecular weight is 927 g/mol. The monoisotopic (exact) mass is 927 g/mol. The van der Waals surface area contributed by atoms with Crippen molar-refractivity contribution in [1.29, 1.82) is 0 Å². The van der Waals surface area contributed by atoms with Gasteiger partial charge in [0, 0.05) is 12.8 Å². The lowest BCUT2D eigenvalue weighted by atomic mass is 9.76. The number of carboxylic acid groups (broad SMARTS) is 2. The molecule has 0 spiro atoms. The summed E-state index contributed by atoms with van der Waals surface area (Å²) in [7, 11) is -5.15. The first-order chi connectivity index (χ1) is 31.8. The van der Waals surface area contributed by atoms with E-state index < -0.39 is 39.1 Å². The zero-order valence-corrected chi connectivity index (χ0v) is 40.1. The van der Waals surface area contributed by atoms with Gasteiger partial charge in [-0.1, -0.05) is 166 Å². The summed E-state index contributed by atoms with van der Waals surface area (Å²) in [5.41, 5.74) is 10.8. The number of nitrogens with zero attached hydrogens (tertiary/aromatic N) is 6. The number of carboxylic acids is 2. The number of benzene rings is 4. The summed E-state index contributed by atoms with van der Waals surface area (Å²) in [5.74, 6) is -3.46. The fourth-order valence-corrected chi connectivity index (χ4v) is 9.13. The van der Waals surface area contributed by atoms with Crippen molar-refractivity contribution in [1.82, 2.24) is 10.9 Å². The number of rotatable bonds is 22. The van der Waals surface area contributed by atoms with E-state index in [1.807, 2.05) is 145 Å². The van der Waals surface area contributed by atoms with Crippen molar-refractivity contribution in [3.8, 4) is 0 Å². The molecule has 0 bridgehead atoms. The van der Waals surface area contributed by atoms with E-state index in [1.165, 1.54) is 0 Å². The number of nitrogens with one attached hydrogen (secondary N) is 2. The maximum absolute atomic E-state index is 12.4. The topological polar surface area (TPSA) is 191 Å². The summed E-state index contributed by atoms with van der Waals surface area (Å²) in [6, 6.07) is 40.5.